The van der Waals surface area contributed by atoms with Gasteiger partial charge in [-0.15, -0.1) is 0 Å². The van der Waals surface area contributed by atoms with Gasteiger partial charge < -0.3 is 15.0 Å². The highest BCUT2D eigenvalue weighted by Crippen LogP contribution is 2.06. The monoisotopic (exact) mass is 258 g/mol. The van der Waals surface area contributed by atoms with E-state index in [1.807, 2.05) is 13.8 Å². The first-order valence-electron chi connectivity index (χ1n) is 5.86. The average molecular weight is 258 g/mol. The van der Waals surface area contributed by atoms with E-state index in [-0.39, 0.29) is 24.3 Å². The van der Waals surface area contributed by atoms with Crippen molar-refractivity contribution in [3.05, 3.63) is 0 Å². The predicted octanol–water partition coefficient (Wildman–Crippen LogP) is 0.169. The number of hydrogen-bond acceptors (Lipinski definition) is 4. The highest BCUT2D eigenvalue weighted by atomic mass is 16.5. The topological polar surface area (TPSA) is 75.7 Å². The van der Waals surface area contributed by atoms with Gasteiger partial charge in [-0.25, -0.2) is 4.79 Å². The Morgan fingerprint density at radius 2 is 1.83 bits per heavy atom. The van der Waals surface area contributed by atoms with E-state index in [0.29, 0.717) is 6.42 Å². The number of ether oxygens (including phenoxy) is 1. The van der Waals surface area contributed by atoms with Gasteiger partial charge in [-0.3, -0.25) is 9.59 Å². The van der Waals surface area contributed by atoms with Gasteiger partial charge in [0.2, 0.25) is 11.8 Å². The number of nitrogens with zero attached hydrogens (tertiary/aromatic N) is 1. The van der Waals surface area contributed by atoms with E-state index in [1.54, 1.807) is 0 Å². The molecular weight excluding hydrogens is 236 g/mol. The third-order valence-electron chi connectivity index (χ3n) is 2.45. The van der Waals surface area contributed by atoms with Crippen molar-refractivity contribution in [3.8, 4) is 0 Å². The van der Waals surface area contributed by atoms with Gasteiger partial charge in [0.25, 0.3) is 0 Å². The summed E-state index contributed by atoms with van der Waals surface area (Å²) < 4.78 is 4.63. The zero-order valence-corrected chi connectivity index (χ0v) is 11.6. The van der Waals surface area contributed by atoms with Crippen LogP contribution in [0.15, 0.2) is 0 Å². The lowest BCUT2D eigenvalue weighted by Gasteiger charge is -2.20. The molecule has 0 heterocycles. The Kier molecular flexibility index (Phi) is 7.00. The standard InChI is InChI=1S/C12H22N2O4/c1-8(2)6-10(12(17)18-5)13-11(16)7-14(4)9(3)15/h8,10H,6-7H2,1-5H3,(H,13,16). The van der Waals surface area contributed by atoms with Crippen molar-refractivity contribution < 1.29 is 19.1 Å². The Morgan fingerprint density at radius 3 is 2.22 bits per heavy atom. The number of rotatable bonds is 6. The molecule has 1 N–H and O–H groups in total. The molecule has 6 nitrogen and oxygen atoms in total. The minimum Gasteiger partial charge on any atom is -0.467 e. The SMILES string of the molecule is COC(=O)C(CC(C)C)NC(=O)CN(C)C(C)=O. The molecular formula is C12H22N2O4. The van der Waals surface area contributed by atoms with Crippen molar-refractivity contribution in [2.45, 2.75) is 33.2 Å². The van der Waals surface area contributed by atoms with Crippen LogP contribution in [0.25, 0.3) is 0 Å². The zero-order chi connectivity index (χ0) is 14.3. The number of carbonyl (C=O) groups excluding carboxylic acids is 3. The fraction of sp³-hybridized carbons (Fsp3) is 0.750. The summed E-state index contributed by atoms with van der Waals surface area (Å²) in [5.41, 5.74) is 0. The second-order valence-corrected chi connectivity index (χ2v) is 4.65. The summed E-state index contributed by atoms with van der Waals surface area (Å²) in [6, 6.07) is -0.664. The first-order valence-corrected chi connectivity index (χ1v) is 5.86. The summed E-state index contributed by atoms with van der Waals surface area (Å²) in [7, 11) is 2.81. The Labute approximate surface area is 108 Å². The minimum absolute atomic E-state index is 0.0685. The molecule has 0 aliphatic heterocycles. The van der Waals surface area contributed by atoms with Gasteiger partial charge in [0.05, 0.1) is 13.7 Å². The van der Waals surface area contributed by atoms with Crippen molar-refractivity contribution >= 4 is 17.8 Å². The zero-order valence-electron chi connectivity index (χ0n) is 11.6. The van der Waals surface area contributed by atoms with Crippen molar-refractivity contribution in [1.82, 2.24) is 10.2 Å². The molecule has 0 aromatic rings. The van der Waals surface area contributed by atoms with E-state index >= 15 is 0 Å². The molecule has 1 atom stereocenters. The van der Waals surface area contributed by atoms with Crippen LogP contribution in [0.3, 0.4) is 0 Å². The fourth-order valence-electron chi connectivity index (χ4n) is 1.39. The first-order chi connectivity index (χ1) is 8.27. The van der Waals surface area contributed by atoms with Gasteiger partial charge in [0.15, 0.2) is 0 Å². The van der Waals surface area contributed by atoms with Crippen LogP contribution < -0.4 is 5.32 Å². The summed E-state index contributed by atoms with van der Waals surface area (Å²) in [6.07, 6.45) is 0.502. The smallest absolute Gasteiger partial charge is 0.328 e. The van der Waals surface area contributed by atoms with Crippen molar-refractivity contribution in [2.24, 2.45) is 5.92 Å². The van der Waals surface area contributed by atoms with Crippen LogP contribution in [0.5, 0.6) is 0 Å². The van der Waals surface area contributed by atoms with Gasteiger partial charge >= 0.3 is 5.97 Å². The van der Waals surface area contributed by atoms with E-state index < -0.39 is 12.0 Å². The minimum atomic E-state index is -0.664. The highest BCUT2D eigenvalue weighted by Gasteiger charge is 2.23. The molecule has 2 amide bonds. The first kappa shape index (κ1) is 16.4. The normalized spacial score (nSPS) is 11.9. The van der Waals surface area contributed by atoms with Crippen LogP contribution in [0, 0.1) is 5.92 Å². The largest absolute Gasteiger partial charge is 0.467 e. The molecule has 0 bridgehead atoms. The van der Waals surface area contributed by atoms with E-state index in [1.165, 1.54) is 26.0 Å². The van der Waals surface area contributed by atoms with E-state index in [2.05, 4.69) is 10.1 Å². The molecule has 0 radical (unpaired) electrons. The summed E-state index contributed by atoms with van der Waals surface area (Å²) >= 11 is 0. The van der Waals surface area contributed by atoms with Crippen LogP contribution >= 0.6 is 0 Å². The lowest BCUT2D eigenvalue weighted by atomic mass is 10.0. The van der Waals surface area contributed by atoms with E-state index in [4.69, 9.17) is 0 Å². The lowest BCUT2D eigenvalue weighted by Crippen LogP contribution is -2.46. The number of amides is 2. The maximum Gasteiger partial charge on any atom is 0.328 e. The Hall–Kier alpha value is -1.59. The molecule has 1 unspecified atom stereocenters. The second kappa shape index (κ2) is 7.68. The quantitative estimate of drug-likeness (QED) is 0.689. The summed E-state index contributed by atoms with van der Waals surface area (Å²) in [4.78, 5) is 35.4. The van der Waals surface area contributed by atoms with Gasteiger partial charge in [0, 0.05) is 14.0 Å². The molecule has 0 aliphatic carbocycles. The second-order valence-electron chi connectivity index (χ2n) is 4.65. The number of methoxy groups -OCH3 is 1. The van der Waals surface area contributed by atoms with Crippen molar-refractivity contribution in [1.29, 1.82) is 0 Å². The lowest BCUT2D eigenvalue weighted by molar-refractivity contribution is -0.145. The number of esters is 1. The number of hydrogen-bond donors (Lipinski definition) is 1. The third kappa shape index (κ3) is 6.22. The molecule has 18 heavy (non-hydrogen) atoms. The third-order valence-corrected chi connectivity index (χ3v) is 2.45. The van der Waals surface area contributed by atoms with Gasteiger partial charge in [-0.1, -0.05) is 13.8 Å². The average Bonchev–Trinajstić information content (AvgIpc) is 2.26. The molecule has 0 aromatic heterocycles. The molecule has 0 fully saturated rings. The maximum absolute atomic E-state index is 11.7. The van der Waals surface area contributed by atoms with Crippen molar-refractivity contribution in [3.63, 3.8) is 0 Å². The predicted molar refractivity (Wildman–Crippen MR) is 66.7 cm³/mol. The number of carbonyl (C=O) groups is 3. The van der Waals surface area contributed by atoms with Crippen molar-refractivity contribution in [2.75, 3.05) is 20.7 Å². The van der Waals surface area contributed by atoms with Gasteiger partial charge in [-0.2, -0.15) is 0 Å². The molecule has 0 spiro atoms. The molecule has 0 aliphatic rings. The number of nitrogens with one attached hydrogen (secondary N) is 1. The van der Waals surface area contributed by atoms with Crippen LogP contribution in [0.4, 0.5) is 0 Å². The molecule has 104 valence electrons. The Balaban J connectivity index is 4.44. The maximum atomic E-state index is 11.7. The Morgan fingerprint density at radius 1 is 1.28 bits per heavy atom. The summed E-state index contributed by atoms with van der Waals surface area (Å²) in [5.74, 6) is -0.796. The highest BCUT2D eigenvalue weighted by molar-refractivity contribution is 5.87. The molecule has 0 rings (SSSR count). The summed E-state index contributed by atoms with van der Waals surface area (Å²) in [6.45, 7) is 5.20. The van der Waals surface area contributed by atoms with E-state index in [0.717, 1.165) is 0 Å². The number of likely N-dealkylation sites (N-methyl/N-ethyl adjacent to an activating group) is 1. The molecule has 6 heteroatoms. The molecule has 0 aromatic carbocycles. The van der Waals surface area contributed by atoms with Gasteiger partial charge in [-0.05, 0) is 12.3 Å². The molecule has 0 saturated heterocycles. The Bertz CT molecular complexity index is 315. The van der Waals surface area contributed by atoms with Gasteiger partial charge in [0.1, 0.15) is 6.04 Å². The molecule has 0 saturated carbocycles. The van der Waals surface area contributed by atoms with Crippen LogP contribution in [0.1, 0.15) is 27.2 Å². The fourth-order valence-corrected chi connectivity index (χ4v) is 1.39. The summed E-state index contributed by atoms with van der Waals surface area (Å²) in [5, 5.41) is 2.58. The van der Waals surface area contributed by atoms with E-state index in [9.17, 15) is 14.4 Å². The van der Waals surface area contributed by atoms with Crippen LogP contribution in [-0.2, 0) is 19.1 Å². The van der Waals surface area contributed by atoms with Crippen LogP contribution in [-0.4, -0.2) is 49.4 Å². The van der Waals surface area contributed by atoms with Crippen LogP contribution in [0.2, 0.25) is 0 Å².